The Bertz CT molecular complexity index is 1590. The summed E-state index contributed by atoms with van der Waals surface area (Å²) in [6, 6.07) is 7.96. The predicted molar refractivity (Wildman–Crippen MR) is 147 cm³/mol. The van der Waals surface area contributed by atoms with Gasteiger partial charge in [-0.1, -0.05) is 19.1 Å². The Morgan fingerprint density at radius 1 is 1.05 bits per heavy atom. The Hall–Kier alpha value is -4.10. The van der Waals surface area contributed by atoms with Gasteiger partial charge in [0, 0.05) is 39.6 Å². The third-order valence-corrected chi connectivity index (χ3v) is 7.56. The zero-order valence-corrected chi connectivity index (χ0v) is 22.9. The van der Waals surface area contributed by atoms with Crippen LogP contribution in [-0.2, 0) is 34.3 Å². The Morgan fingerprint density at radius 3 is 2.55 bits per heavy atom. The third kappa shape index (κ3) is 4.54. The summed E-state index contributed by atoms with van der Waals surface area (Å²) in [4.78, 5) is 50.2. The molecule has 2 aliphatic rings. The number of nitrogens with zero attached hydrogens (tertiary/aromatic N) is 9. The van der Waals surface area contributed by atoms with Crippen molar-refractivity contribution in [1.82, 2.24) is 38.9 Å². The van der Waals surface area contributed by atoms with Crippen molar-refractivity contribution in [2.45, 2.75) is 32.9 Å². The number of morpholine rings is 1. The van der Waals surface area contributed by atoms with E-state index in [0.29, 0.717) is 68.8 Å². The number of hydrogen-bond donors (Lipinski definition) is 1. The van der Waals surface area contributed by atoms with Crippen molar-refractivity contribution in [1.29, 1.82) is 0 Å². The molecule has 0 saturated carbocycles. The first-order valence-corrected chi connectivity index (χ1v) is 13.6. The molecule has 2 aliphatic heterocycles. The lowest BCUT2D eigenvalue weighted by Gasteiger charge is -2.34. The second kappa shape index (κ2) is 10.5. The smallest absolute Gasteiger partial charge is 0.251 e. The van der Waals surface area contributed by atoms with Crippen LogP contribution in [0, 0.1) is 0 Å². The van der Waals surface area contributed by atoms with Crippen molar-refractivity contribution < 1.29 is 19.4 Å². The molecule has 3 aromatic heterocycles. The molecule has 2 amide bonds. The highest BCUT2D eigenvalue weighted by molar-refractivity contribution is 5.88. The number of aryl methyl sites for hydroxylation is 2. The van der Waals surface area contributed by atoms with Gasteiger partial charge in [-0.15, -0.1) is 0 Å². The van der Waals surface area contributed by atoms with Gasteiger partial charge in [0.2, 0.25) is 11.9 Å². The molecule has 0 radical (unpaired) electrons. The van der Waals surface area contributed by atoms with Crippen LogP contribution in [0.5, 0.6) is 0 Å². The van der Waals surface area contributed by atoms with Crippen LogP contribution in [0.4, 0.5) is 5.82 Å². The Kier molecular flexibility index (Phi) is 6.84. The number of amides is 2. The number of aliphatic hydroxyl groups excluding tert-OH is 1. The molecule has 1 unspecified atom stereocenters. The van der Waals surface area contributed by atoms with Gasteiger partial charge in [-0.2, -0.15) is 9.97 Å². The molecule has 6 rings (SSSR count). The number of para-hydroxylation sites is 2. The van der Waals surface area contributed by atoms with Crippen molar-refractivity contribution in [3.05, 3.63) is 35.9 Å². The molecule has 13 heteroatoms. The minimum atomic E-state index is -1.13. The van der Waals surface area contributed by atoms with Gasteiger partial charge in [-0.3, -0.25) is 14.2 Å². The number of benzene rings is 1. The largest absolute Gasteiger partial charge is 0.384 e. The average Bonchev–Trinajstić information content (AvgIpc) is 3.50. The summed E-state index contributed by atoms with van der Waals surface area (Å²) in [6.45, 7) is 6.95. The van der Waals surface area contributed by atoms with Crippen LogP contribution in [0.25, 0.3) is 28.1 Å². The van der Waals surface area contributed by atoms with Crippen LogP contribution in [-0.4, -0.2) is 108 Å². The summed E-state index contributed by atoms with van der Waals surface area (Å²) in [5, 5.41) is 9.63. The molecule has 0 bridgehead atoms. The predicted octanol–water partition coefficient (Wildman–Crippen LogP) is 0.653. The number of piperazine rings is 1. The molecule has 2 fully saturated rings. The van der Waals surface area contributed by atoms with E-state index in [1.54, 1.807) is 4.90 Å². The van der Waals surface area contributed by atoms with E-state index in [4.69, 9.17) is 24.7 Å². The van der Waals surface area contributed by atoms with Gasteiger partial charge in [0.15, 0.2) is 17.0 Å². The van der Waals surface area contributed by atoms with Crippen molar-refractivity contribution in [2.24, 2.45) is 7.05 Å². The molecule has 0 aliphatic carbocycles. The zero-order valence-electron chi connectivity index (χ0n) is 22.9. The second-order valence-electron chi connectivity index (χ2n) is 10.2. The topological polar surface area (TPSA) is 135 Å². The number of aliphatic hydroxyl groups is 1. The van der Waals surface area contributed by atoms with Crippen LogP contribution < -0.4 is 4.90 Å². The lowest BCUT2D eigenvalue weighted by Crippen LogP contribution is -2.53. The summed E-state index contributed by atoms with van der Waals surface area (Å²) in [6.07, 6.45) is -0.419. The number of fused-ring (bicyclic) bond motifs is 2. The molecule has 40 heavy (non-hydrogen) atoms. The number of ether oxygens (including phenoxy) is 1. The summed E-state index contributed by atoms with van der Waals surface area (Å²) in [7, 11) is 1.90. The maximum Gasteiger partial charge on any atom is 0.251 e. The monoisotopic (exact) mass is 547 g/mol. The molecular formula is C27H33N9O4. The summed E-state index contributed by atoms with van der Waals surface area (Å²) < 4.78 is 9.52. The Balaban J connectivity index is 1.41. The van der Waals surface area contributed by atoms with E-state index < -0.39 is 12.0 Å². The van der Waals surface area contributed by atoms with Crippen LogP contribution in [0.3, 0.4) is 0 Å². The first kappa shape index (κ1) is 26.1. The highest BCUT2D eigenvalue weighted by atomic mass is 16.5. The quantitative estimate of drug-likeness (QED) is 0.369. The summed E-state index contributed by atoms with van der Waals surface area (Å²) >= 11 is 0. The van der Waals surface area contributed by atoms with Gasteiger partial charge in [0.25, 0.3) is 5.91 Å². The first-order valence-electron chi connectivity index (χ1n) is 13.6. The molecule has 0 spiro atoms. The van der Waals surface area contributed by atoms with Gasteiger partial charge in [0.1, 0.15) is 17.8 Å². The minimum Gasteiger partial charge on any atom is -0.384 e. The number of carbonyl (C=O) groups excluding carboxylic acids is 2. The molecule has 1 atom stereocenters. The van der Waals surface area contributed by atoms with E-state index in [1.807, 2.05) is 40.4 Å². The van der Waals surface area contributed by atoms with E-state index in [0.717, 1.165) is 22.7 Å². The molecule has 5 heterocycles. The van der Waals surface area contributed by atoms with Crippen LogP contribution >= 0.6 is 0 Å². The summed E-state index contributed by atoms with van der Waals surface area (Å²) in [5.41, 5.74) is 3.15. The summed E-state index contributed by atoms with van der Waals surface area (Å²) in [5.74, 6) is 2.16. The number of imidazole rings is 2. The fourth-order valence-corrected chi connectivity index (χ4v) is 5.35. The number of hydrogen-bond acceptors (Lipinski definition) is 9. The molecule has 4 aromatic rings. The van der Waals surface area contributed by atoms with Crippen molar-refractivity contribution in [3.8, 4) is 5.95 Å². The normalized spacial score (nSPS) is 17.3. The molecular weight excluding hydrogens is 514 g/mol. The van der Waals surface area contributed by atoms with Gasteiger partial charge in [-0.05, 0) is 19.1 Å². The lowest BCUT2D eigenvalue weighted by atomic mass is 10.2. The van der Waals surface area contributed by atoms with Gasteiger partial charge < -0.3 is 29.1 Å². The SMILES string of the molecule is CCc1nc2ccccc2n1-c1nc(N2CCOCC2)c2nc(CN3CCN(C(=O)C(C)O)CC3=O)n(C)c2n1. The van der Waals surface area contributed by atoms with E-state index in [2.05, 4.69) is 11.8 Å². The molecule has 2 saturated heterocycles. The fourth-order valence-electron chi connectivity index (χ4n) is 5.35. The van der Waals surface area contributed by atoms with Gasteiger partial charge >= 0.3 is 0 Å². The molecule has 1 aromatic carbocycles. The van der Waals surface area contributed by atoms with Gasteiger partial charge in [-0.25, -0.2) is 9.97 Å². The van der Waals surface area contributed by atoms with Crippen LogP contribution in [0.15, 0.2) is 24.3 Å². The van der Waals surface area contributed by atoms with Gasteiger partial charge in [0.05, 0.1) is 37.3 Å². The van der Waals surface area contributed by atoms with Crippen molar-refractivity contribution in [2.75, 3.05) is 50.8 Å². The number of aromatic nitrogens is 6. The minimum absolute atomic E-state index is 0.0653. The molecule has 1 N–H and O–H groups in total. The van der Waals surface area contributed by atoms with E-state index in [1.165, 1.54) is 11.8 Å². The van der Waals surface area contributed by atoms with E-state index in [-0.39, 0.29) is 19.0 Å². The van der Waals surface area contributed by atoms with Crippen LogP contribution in [0.1, 0.15) is 25.5 Å². The highest BCUT2D eigenvalue weighted by Crippen LogP contribution is 2.29. The van der Waals surface area contributed by atoms with E-state index in [9.17, 15) is 14.7 Å². The number of anilines is 1. The van der Waals surface area contributed by atoms with Crippen LogP contribution in [0.2, 0.25) is 0 Å². The average molecular weight is 548 g/mol. The number of carbonyl (C=O) groups is 2. The van der Waals surface area contributed by atoms with E-state index >= 15 is 0 Å². The molecule has 13 nitrogen and oxygen atoms in total. The Morgan fingerprint density at radius 2 is 1.82 bits per heavy atom. The zero-order chi connectivity index (χ0) is 28.0. The maximum atomic E-state index is 12.9. The van der Waals surface area contributed by atoms with Crippen molar-refractivity contribution in [3.63, 3.8) is 0 Å². The standard InChI is InChI=1S/C27H33N9O4/c1-4-20-28-18-7-5-6-8-19(18)36(20)27-30-24-23(25(31-27)33-11-13-40-14-12-33)29-21(32(24)3)15-34-9-10-35(16-22(34)38)26(39)17(2)37/h5-8,17,37H,4,9-16H2,1-3H3. The highest BCUT2D eigenvalue weighted by Gasteiger charge is 2.31. The van der Waals surface area contributed by atoms with Crippen molar-refractivity contribution >= 4 is 39.8 Å². The number of rotatable bonds is 6. The third-order valence-electron chi connectivity index (χ3n) is 7.56. The Labute approximate surface area is 231 Å². The molecule has 210 valence electrons. The maximum absolute atomic E-state index is 12.9. The fraction of sp³-hybridized carbons (Fsp3) is 0.481. The first-order chi connectivity index (χ1) is 19.4. The second-order valence-corrected chi connectivity index (χ2v) is 10.2. The lowest BCUT2D eigenvalue weighted by molar-refractivity contribution is -0.150.